The second-order valence-electron chi connectivity index (χ2n) is 10.1. The van der Waals surface area contributed by atoms with Gasteiger partial charge in [-0.25, -0.2) is 0 Å². The number of aryl methyl sites for hydroxylation is 2. The first-order valence-corrected chi connectivity index (χ1v) is 12.4. The molecule has 2 amide bonds. The molecule has 6 nitrogen and oxygen atoms in total. The summed E-state index contributed by atoms with van der Waals surface area (Å²) in [5, 5.41) is 4.61. The van der Waals surface area contributed by atoms with Crippen molar-refractivity contribution in [3.8, 4) is 0 Å². The summed E-state index contributed by atoms with van der Waals surface area (Å²) in [4.78, 5) is 28.7. The van der Waals surface area contributed by atoms with Crippen LogP contribution in [-0.4, -0.2) is 46.5 Å². The molecule has 1 atom stereocenters. The molecule has 35 heavy (non-hydrogen) atoms. The van der Waals surface area contributed by atoms with Gasteiger partial charge < -0.3 is 14.0 Å². The Morgan fingerprint density at radius 3 is 1.94 bits per heavy atom. The second-order valence-corrected chi connectivity index (χ2v) is 10.1. The zero-order valence-corrected chi connectivity index (χ0v) is 20.3. The molecule has 4 bridgehead atoms. The van der Waals surface area contributed by atoms with Gasteiger partial charge in [-0.15, -0.1) is 0 Å². The molecule has 2 aliphatic heterocycles. The average Bonchev–Trinajstić information content (AvgIpc) is 3.47. The van der Waals surface area contributed by atoms with Crippen LogP contribution in [0.2, 0.25) is 0 Å². The average molecular weight is 469 g/mol. The zero-order valence-electron chi connectivity index (χ0n) is 20.3. The number of nitrogens with zero attached hydrogens (tertiary/aromatic N) is 3. The van der Waals surface area contributed by atoms with Gasteiger partial charge in [0.15, 0.2) is 0 Å². The number of aromatic nitrogens is 2. The molecule has 2 aromatic heterocycles. The van der Waals surface area contributed by atoms with Crippen LogP contribution in [0.25, 0.3) is 33.0 Å². The van der Waals surface area contributed by atoms with Crippen molar-refractivity contribution in [2.24, 2.45) is 5.92 Å². The van der Waals surface area contributed by atoms with Gasteiger partial charge in [0.2, 0.25) is 0 Å². The van der Waals surface area contributed by atoms with Gasteiger partial charge >= 0.3 is 0 Å². The van der Waals surface area contributed by atoms with E-state index < -0.39 is 0 Å². The Morgan fingerprint density at radius 1 is 0.829 bits per heavy atom. The van der Waals surface area contributed by atoms with E-state index in [1.807, 2.05) is 24.3 Å². The van der Waals surface area contributed by atoms with Gasteiger partial charge in [-0.2, -0.15) is 0 Å². The lowest BCUT2D eigenvalue weighted by atomic mass is 9.95. The van der Waals surface area contributed by atoms with Crippen LogP contribution < -0.4 is 5.32 Å². The number of imide groups is 1. The highest BCUT2D eigenvalue weighted by molar-refractivity contribution is 6.50. The van der Waals surface area contributed by atoms with Crippen LogP contribution in [0.4, 0.5) is 0 Å². The summed E-state index contributed by atoms with van der Waals surface area (Å²) in [5.41, 5.74) is 4.82. The molecule has 180 valence electrons. The van der Waals surface area contributed by atoms with Crippen molar-refractivity contribution in [3.05, 3.63) is 72.1 Å². The lowest BCUT2D eigenvalue weighted by molar-refractivity contribution is -0.122. The van der Waals surface area contributed by atoms with Gasteiger partial charge in [-0.1, -0.05) is 36.4 Å². The lowest BCUT2D eigenvalue weighted by Crippen LogP contribution is -2.23. The Hall–Kier alpha value is -3.64. The van der Waals surface area contributed by atoms with Crippen molar-refractivity contribution < 1.29 is 11.0 Å². The Bertz CT molecular complexity index is 1510. The molecule has 0 aliphatic carbocycles. The third-order valence-electron chi connectivity index (χ3n) is 7.46. The smallest absolute Gasteiger partial charge is 0.259 e. The molecule has 0 saturated heterocycles. The number of amides is 2. The number of hydrogen-bond donors (Lipinski definition) is 1. The number of rotatable bonds is 2. The fourth-order valence-electron chi connectivity index (χ4n) is 5.95. The minimum absolute atomic E-state index is 0. The van der Waals surface area contributed by atoms with Gasteiger partial charge in [0.1, 0.15) is 0 Å². The standard InChI is InChI=1S/C29H30N4O2.H2/c1-31(2)16-19-8-7-14-32-17-22(20-9-3-5-11-24(20)32)26-27(29(35)30-28(26)34)23-18-33(15-13-19)25-12-6-4-10-21(23)25;/h3-6,9-12,17-19H,7-8,13-16H2,1-2H3,(H,30,34,35);1H. The molecule has 6 heteroatoms. The minimum Gasteiger partial charge on any atom is -0.347 e. The predicted octanol–water partition coefficient (Wildman–Crippen LogP) is 4.77. The Kier molecular flexibility index (Phi) is 5.33. The van der Waals surface area contributed by atoms with E-state index in [2.05, 4.69) is 70.1 Å². The van der Waals surface area contributed by atoms with Gasteiger partial charge in [-0.3, -0.25) is 14.9 Å². The summed E-state index contributed by atoms with van der Waals surface area (Å²) < 4.78 is 4.52. The van der Waals surface area contributed by atoms with Crippen molar-refractivity contribution in [2.75, 3.05) is 20.6 Å². The highest BCUT2D eigenvalue weighted by Crippen LogP contribution is 2.39. The number of nitrogens with one attached hydrogen (secondary N) is 1. The Balaban J connectivity index is 0.00000267. The van der Waals surface area contributed by atoms with Crippen LogP contribution in [0.1, 0.15) is 31.8 Å². The number of hydrogen-bond acceptors (Lipinski definition) is 3. The monoisotopic (exact) mass is 468 g/mol. The van der Waals surface area contributed by atoms with Crippen LogP contribution in [-0.2, 0) is 22.7 Å². The normalized spacial score (nSPS) is 18.9. The topological polar surface area (TPSA) is 59.3 Å². The maximum Gasteiger partial charge on any atom is 0.259 e. The van der Waals surface area contributed by atoms with Crippen LogP contribution in [0.5, 0.6) is 0 Å². The molecule has 4 heterocycles. The van der Waals surface area contributed by atoms with E-state index in [0.717, 1.165) is 71.8 Å². The van der Waals surface area contributed by atoms with E-state index >= 15 is 0 Å². The van der Waals surface area contributed by atoms with Crippen LogP contribution in [0, 0.1) is 5.92 Å². The molecular formula is C29H32N4O2. The Labute approximate surface area is 206 Å². The van der Waals surface area contributed by atoms with Crippen molar-refractivity contribution >= 4 is 44.8 Å². The number of fused-ring (bicyclic) bond motifs is 12. The Morgan fingerprint density at radius 2 is 1.37 bits per heavy atom. The molecule has 2 aliphatic rings. The van der Waals surface area contributed by atoms with E-state index in [9.17, 15) is 9.59 Å². The first kappa shape index (κ1) is 21.9. The van der Waals surface area contributed by atoms with E-state index in [1.165, 1.54) is 0 Å². The summed E-state index contributed by atoms with van der Waals surface area (Å²) in [5.74, 6) is -0.0600. The van der Waals surface area contributed by atoms with Crippen molar-refractivity contribution in [1.82, 2.24) is 19.4 Å². The maximum absolute atomic E-state index is 13.2. The summed E-state index contributed by atoms with van der Waals surface area (Å²) in [7, 11) is 4.29. The van der Waals surface area contributed by atoms with Crippen LogP contribution in [0.3, 0.4) is 0 Å². The quantitative estimate of drug-likeness (QED) is 0.431. The zero-order chi connectivity index (χ0) is 24.1. The molecule has 6 rings (SSSR count). The molecule has 4 aromatic rings. The SMILES string of the molecule is CN(C)CC1CCCn2cc(c3ccccc32)C2=C(C(=O)NC2=O)c2cn(c3ccccc23)CC1.[HH]. The van der Waals surface area contributed by atoms with Gasteiger partial charge in [0.05, 0.1) is 11.1 Å². The van der Waals surface area contributed by atoms with Gasteiger partial charge in [-0.05, 0) is 51.4 Å². The van der Waals surface area contributed by atoms with E-state index in [-0.39, 0.29) is 13.2 Å². The summed E-state index contributed by atoms with van der Waals surface area (Å²) >= 11 is 0. The lowest BCUT2D eigenvalue weighted by Gasteiger charge is -2.22. The molecule has 0 spiro atoms. The van der Waals surface area contributed by atoms with Crippen LogP contribution >= 0.6 is 0 Å². The van der Waals surface area contributed by atoms with Gasteiger partial charge in [0.25, 0.3) is 11.8 Å². The summed E-state index contributed by atoms with van der Waals surface area (Å²) in [6.45, 7) is 2.81. The fourth-order valence-corrected chi connectivity index (χ4v) is 5.95. The third-order valence-corrected chi connectivity index (χ3v) is 7.46. The number of carbonyl (C=O) groups is 2. The number of benzene rings is 2. The maximum atomic E-state index is 13.2. The van der Waals surface area contributed by atoms with Crippen molar-refractivity contribution in [2.45, 2.75) is 32.4 Å². The van der Waals surface area contributed by atoms with Crippen molar-refractivity contribution in [1.29, 1.82) is 0 Å². The summed E-state index contributed by atoms with van der Waals surface area (Å²) in [6, 6.07) is 16.4. The highest BCUT2D eigenvalue weighted by Gasteiger charge is 2.35. The van der Waals surface area contributed by atoms with Crippen molar-refractivity contribution in [3.63, 3.8) is 0 Å². The number of para-hydroxylation sites is 2. The molecule has 0 saturated carbocycles. The fraction of sp³-hybridized carbons (Fsp3) is 0.310. The second kappa shape index (κ2) is 8.54. The minimum atomic E-state index is -0.317. The molecule has 0 fully saturated rings. The van der Waals surface area contributed by atoms with Gasteiger partial charge in [0, 0.05) is 66.4 Å². The van der Waals surface area contributed by atoms with E-state index in [1.54, 1.807) is 0 Å². The van der Waals surface area contributed by atoms with Crippen LogP contribution in [0.15, 0.2) is 60.9 Å². The largest absolute Gasteiger partial charge is 0.347 e. The first-order valence-electron chi connectivity index (χ1n) is 12.4. The first-order chi connectivity index (χ1) is 17.0. The molecular weight excluding hydrogens is 436 g/mol. The molecule has 1 unspecified atom stereocenters. The van der Waals surface area contributed by atoms with E-state index in [0.29, 0.717) is 17.1 Å². The third kappa shape index (κ3) is 3.69. The highest BCUT2D eigenvalue weighted by atomic mass is 16.2. The van der Waals surface area contributed by atoms with E-state index in [4.69, 9.17) is 0 Å². The summed E-state index contributed by atoms with van der Waals surface area (Å²) in [6.07, 6.45) is 7.41. The molecule has 0 radical (unpaired) electrons. The molecule has 2 aromatic carbocycles. The molecule has 1 N–H and O–H groups in total. The number of carbonyl (C=O) groups excluding carboxylic acids is 2. The predicted molar refractivity (Wildman–Crippen MR) is 142 cm³/mol.